The molecule has 3 saturated carbocycles. The van der Waals surface area contributed by atoms with Crippen molar-refractivity contribution in [3.8, 4) is 0 Å². The van der Waals surface area contributed by atoms with Crippen LogP contribution in [0.4, 0.5) is 0 Å². The lowest BCUT2D eigenvalue weighted by Crippen LogP contribution is -2.43. The van der Waals surface area contributed by atoms with Crippen molar-refractivity contribution in [3.63, 3.8) is 0 Å². The van der Waals surface area contributed by atoms with Gasteiger partial charge < -0.3 is 4.74 Å². The van der Waals surface area contributed by atoms with Gasteiger partial charge in [0.2, 0.25) is 0 Å². The van der Waals surface area contributed by atoms with E-state index in [4.69, 9.17) is 4.74 Å². The summed E-state index contributed by atoms with van der Waals surface area (Å²) in [6.07, 6.45) is 10.3. The zero-order valence-corrected chi connectivity index (χ0v) is 14.0. The van der Waals surface area contributed by atoms with Crippen LogP contribution in [0.25, 0.3) is 0 Å². The second kappa shape index (κ2) is 6.68. The highest BCUT2D eigenvalue weighted by atomic mass is 16.5. The number of hydrogen-bond donors (Lipinski definition) is 0. The summed E-state index contributed by atoms with van der Waals surface area (Å²) >= 11 is 0. The second-order valence-electron chi connectivity index (χ2n) is 6.96. The third kappa shape index (κ3) is 3.11. The maximum Gasteiger partial charge on any atom is 0.337 e. The Morgan fingerprint density at radius 1 is 1.50 bits per heavy atom. The zero-order chi connectivity index (χ0) is 16.3. The van der Waals surface area contributed by atoms with Crippen molar-refractivity contribution in [3.05, 3.63) is 48.6 Å². The summed E-state index contributed by atoms with van der Waals surface area (Å²) in [5.74, 6) is 0.981. The molecule has 2 heteroatoms. The molecular formula is C20H28O2. The first-order valence-electron chi connectivity index (χ1n) is 8.17. The topological polar surface area (TPSA) is 26.3 Å². The molecule has 120 valence electrons. The Morgan fingerprint density at radius 3 is 2.77 bits per heavy atom. The molecule has 0 heterocycles. The molecule has 3 fully saturated rings. The number of ether oxygens (including phenoxy) is 1. The average molecular weight is 300 g/mol. The van der Waals surface area contributed by atoms with Crippen LogP contribution >= 0.6 is 0 Å². The Hall–Kier alpha value is -1.57. The van der Waals surface area contributed by atoms with Crippen molar-refractivity contribution in [1.82, 2.24) is 0 Å². The summed E-state index contributed by atoms with van der Waals surface area (Å²) in [6.45, 7) is 14.4. The number of rotatable bonds is 6. The van der Waals surface area contributed by atoms with Crippen molar-refractivity contribution in [2.24, 2.45) is 17.3 Å². The van der Waals surface area contributed by atoms with Crippen molar-refractivity contribution in [2.75, 3.05) is 7.11 Å². The average Bonchev–Trinajstić information content (AvgIpc) is 2.51. The molecule has 3 aliphatic carbocycles. The van der Waals surface area contributed by atoms with Crippen LogP contribution in [0.3, 0.4) is 0 Å². The molecule has 0 saturated heterocycles. The van der Waals surface area contributed by atoms with Gasteiger partial charge in [-0.2, -0.15) is 0 Å². The molecule has 0 radical (unpaired) electrons. The number of carbonyl (C=O) groups is 1. The van der Waals surface area contributed by atoms with E-state index in [2.05, 4.69) is 26.7 Å². The highest BCUT2D eigenvalue weighted by Crippen LogP contribution is 2.59. The van der Waals surface area contributed by atoms with E-state index < -0.39 is 0 Å². The van der Waals surface area contributed by atoms with Crippen molar-refractivity contribution < 1.29 is 9.53 Å². The van der Waals surface area contributed by atoms with Gasteiger partial charge in [0.15, 0.2) is 0 Å². The fourth-order valence-corrected chi connectivity index (χ4v) is 4.46. The third-order valence-electron chi connectivity index (χ3n) is 5.65. The smallest absolute Gasteiger partial charge is 0.337 e. The highest BCUT2D eigenvalue weighted by Gasteiger charge is 2.48. The minimum atomic E-state index is -0.305. The standard InChI is InChI=1S/C20H28O2/c1-6-16(19(21)22-5)8-7-10-20-11-9-17(15(4)13-20)12-18(20)14(2)3/h6,8,17-18H,1-2,4,7,9-13H2,3,5H3/b16-8+/t17-,18+,20+/m1/s1. The summed E-state index contributed by atoms with van der Waals surface area (Å²) in [7, 11) is 1.40. The predicted octanol–water partition coefficient (Wildman–Crippen LogP) is 4.99. The van der Waals surface area contributed by atoms with Gasteiger partial charge in [0, 0.05) is 0 Å². The summed E-state index contributed by atoms with van der Waals surface area (Å²) in [4.78, 5) is 11.6. The Bertz CT molecular complexity index is 526. The van der Waals surface area contributed by atoms with E-state index in [0.29, 0.717) is 17.4 Å². The lowest BCUT2D eigenvalue weighted by atomic mass is 9.51. The predicted molar refractivity (Wildman–Crippen MR) is 91.4 cm³/mol. The Labute approximate surface area is 134 Å². The first kappa shape index (κ1) is 16.8. The first-order valence-corrected chi connectivity index (χ1v) is 8.17. The van der Waals surface area contributed by atoms with Crippen molar-refractivity contribution in [2.45, 2.75) is 45.4 Å². The molecule has 0 amide bonds. The maximum atomic E-state index is 11.6. The van der Waals surface area contributed by atoms with Crippen LogP contribution in [0, 0.1) is 17.3 Å². The minimum Gasteiger partial charge on any atom is -0.465 e. The maximum absolute atomic E-state index is 11.6. The van der Waals surface area contributed by atoms with Crippen LogP contribution in [0.15, 0.2) is 48.6 Å². The van der Waals surface area contributed by atoms with E-state index in [9.17, 15) is 4.79 Å². The first-order chi connectivity index (χ1) is 10.4. The molecule has 22 heavy (non-hydrogen) atoms. The van der Waals surface area contributed by atoms with Crippen molar-refractivity contribution >= 4 is 5.97 Å². The minimum absolute atomic E-state index is 0.288. The number of esters is 1. The molecule has 0 aromatic carbocycles. The second-order valence-corrected chi connectivity index (χ2v) is 6.96. The van der Waals surface area contributed by atoms with E-state index in [1.807, 2.05) is 6.08 Å². The van der Waals surface area contributed by atoms with Gasteiger partial charge in [0.1, 0.15) is 0 Å². The van der Waals surface area contributed by atoms with Gasteiger partial charge >= 0.3 is 5.97 Å². The van der Waals surface area contributed by atoms with Gasteiger partial charge in [-0.15, -0.1) is 0 Å². The molecule has 0 N–H and O–H groups in total. The van der Waals surface area contributed by atoms with Gasteiger partial charge in [0.05, 0.1) is 12.7 Å². The van der Waals surface area contributed by atoms with Crippen LogP contribution in [0.1, 0.15) is 45.4 Å². The van der Waals surface area contributed by atoms with Crippen LogP contribution in [0.5, 0.6) is 0 Å². The monoisotopic (exact) mass is 300 g/mol. The highest BCUT2D eigenvalue weighted by molar-refractivity contribution is 5.91. The largest absolute Gasteiger partial charge is 0.465 e. The van der Waals surface area contributed by atoms with E-state index in [0.717, 1.165) is 19.3 Å². The molecule has 2 bridgehead atoms. The lowest BCUT2D eigenvalue weighted by molar-refractivity contribution is -0.135. The van der Waals surface area contributed by atoms with Gasteiger partial charge in [-0.05, 0) is 62.7 Å². The SMILES string of the molecule is C=C/C(=C\CC[C@@]12CC[C@H](C[C@H]1C(=C)C)C(=C)C2)C(=O)OC. The molecule has 2 nitrogen and oxygen atoms in total. The summed E-state index contributed by atoms with van der Waals surface area (Å²) in [5.41, 5.74) is 3.58. The van der Waals surface area contributed by atoms with Gasteiger partial charge in [0.25, 0.3) is 0 Å². The molecule has 3 aliphatic rings. The summed E-state index contributed by atoms with van der Waals surface area (Å²) in [6, 6.07) is 0. The molecular weight excluding hydrogens is 272 g/mol. The van der Waals surface area contributed by atoms with Gasteiger partial charge in [-0.1, -0.05) is 43.0 Å². The van der Waals surface area contributed by atoms with E-state index >= 15 is 0 Å². The van der Waals surface area contributed by atoms with Crippen LogP contribution < -0.4 is 0 Å². The fraction of sp³-hybridized carbons (Fsp3) is 0.550. The Kier molecular flexibility index (Phi) is 5.10. The Morgan fingerprint density at radius 2 is 2.23 bits per heavy atom. The van der Waals surface area contributed by atoms with E-state index in [1.54, 1.807) is 6.08 Å². The number of fused-ring (bicyclic) bond motifs is 3. The molecule has 3 atom stereocenters. The number of carbonyl (C=O) groups excluding carboxylic acids is 1. The molecule has 0 aliphatic heterocycles. The molecule has 0 spiro atoms. The zero-order valence-electron chi connectivity index (χ0n) is 14.0. The van der Waals surface area contributed by atoms with Gasteiger partial charge in [-0.3, -0.25) is 0 Å². The Balaban J connectivity index is 2.12. The molecule has 0 aromatic heterocycles. The normalized spacial score (nSPS) is 31.0. The van der Waals surface area contributed by atoms with Crippen molar-refractivity contribution in [1.29, 1.82) is 0 Å². The lowest BCUT2D eigenvalue weighted by Gasteiger charge is -2.54. The molecule has 0 aromatic rings. The quantitative estimate of drug-likeness (QED) is 0.299. The van der Waals surface area contributed by atoms with E-state index in [1.165, 1.54) is 37.5 Å². The number of methoxy groups -OCH3 is 1. The molecule has 3 rings (SSSR count). The van der Waals surface area contributed by atoms with Crippen LogP contribution in [-0.2, 0) is 9.53 Å². The summed E-state index contributed by atoms with van der Waals surface area (Å²) in [5, 5.41) is 0. The van der Waals surface area contributed by atoms with Crippen LogP contribution in [0.2, 0.25) is 0 Å². The fourth-order valence-electron chi connectivity index (χ4n) is 4.46. The molecule has 0 unspecified atom stereocenters. The van der Waals surface area contributed by atoms with E-state index in [-0.39, 0.29) is 11.4 Å². The number of hydrogen-bond acceptors (Lipinski definition) is 2. The van der Waals surface area contributed by atoms with Crippen LogP contribution in [-0.4, -0.2) is 13.1 Å². The van der Waals surface area contributed by atoms with Gasteiger partial charge in [-0.25, -0.2) is 4.79 Å². The third-order valence-corrected chi connectivity index (χ3v) is 5.65. The summed E-state index contributed by atoms with van der Waals surface area (Å²) < 4.78 is 4.77. The number of allylic oxidation sites excluding steroid dienone is 3.